The number of anilines is 1. The maximum absolute atomic E-state index is 14.1. The number of ether oxygens (including phenoxy) is 1. The number of hydrogen-bond acceptors (Lipinski definition) is 6. The van der Waals surface area contributed by atoms with Gasteiger partial charge in [-0.2, -0.15) is 13.2 Å². The van der Waals surface area contributed by atoms with Crippen molar-refractivity contribution in [2.75, 3.05) is 11.0 Å². The number of carbonyl (C=O) groups excluding carboxylic acids is 1. The number of aromatic nitrogens is 2. The Morgan fingerprint density at radius 1 is 1.17 bits per heavy atom. The van der Waals surface area contributed by atoms with Gasteiger partial charge in [0.1, 0.15) is 17.3 Å². The second kappa shape index (κ2) is 10.5. The Balaban J connectivity index is 1.71. The second-order valence-corrected chi connectivity index (χ2v) is 8.87. The number of benzene rings is 1. The minimum atomic E-state index is -4.70. The van der Waals surface area contributed by atoms with Gasteiger partial charge in [0.05, 0.1) is 18.1 Å². The van der Waals surface area contributed by atoms with Gasteiger partial charge in [-0.05, 0) is 48.0 Å². The molecule has 0 saturated carbocycles. The Hall–Kier alpha value is -4.00. The minimum Gasteiger partial charge on any atom is -0.437 e. The lowest BCUT2D eigenvalue weighted by atomic mass is 10.2. The summed E-state index contributed by atoms with van der Waals surface area (Å²) >= 11 is 0. The number of alkyl halides is 3. The molecule has 0 fully saturated rings. The molecular weight excluding hydrogens is 492 g/mol. The van der Waals surface area contributed by atoms with E-state index in [-0.39, 0.29) is 29.4 Å². The highest BCUT2D eigenvalue weighted by Gasteiger charge is 2.33. The van der Waals surface area contributed by atoms with E-state index >= 15 is 0 Å². The van der Waals surface area contributed by atoms with Crippen LogP contribution in [-0.4, -0.2) is 30.5 Å². The van der Waals surface area contributed by atoms with Gasteiger partial charge in [-0.25, -0.2) is 17.8 Å². The van der Waals surface area contributed by atoms with Crippen molar-refractivity contribution in [3.63, 3.8) is 0 Å². The second-order valence-electron chi connectivity index (χ2n) is 7.12. The van der Waals surface area contributed by atoms with Crippen LogP contribution in [0.5, 0.6) is 11.6 Å². The van der Waals surface area contributed by atoms with Crippen molar-refractivity contribution < 1.29 is 35.5 Å². The molecule has 0 aliphatic carbocycles. The van der Waals surface area contributed by atoms with Gasteiger partial charge in [0.25, 0.3) is 0 Å². The van der Waals surface area contributed by atoms with Gasteiger partial charge in [-0.3, -0.25) is 14.5 Å². The van der Waals surface area contributed by atoms with Crippen LogP contribution >= 0.6 is 0 Å². The summed E-state index contributed by atoms with van der Waals surface area (Å²) in [6.45, 7) is -0.0937. The molecule has 8 nitrogen and oxygen atoms in total. The predicted molar refractivity (Wildman–Crippen MR) is 119 cm³/mol. The molecular formula is C22H18F4N4O4S. The van der Waals surface area contributed by atoms with Crippen molar-refractivity contribution in [3.8, 4) is 11.6 Å². The summed E-state index contributed by atoms with van der Waals surface area (Å²) in [5, 5.41) is 2.49. The molecule has 0 unspecified atom stereocenters. The molecule has 0 aliphatic rings. The van der Waals surface area contributed by atoms with Gasteiger partial charge < -0.3 is 10.1 Å². The van der Waals surface area contributed by atoms with Crippen molar-refractivity contribution in [1.29, 1.82) is 0 Å². The number of carbonyl (C=O) groups is 1. The number of sulfonamides is 1. The smallest absolute Gasteiger partial charge is 0.433 e. The van der Waals surface area contributed by atoms with Crippen LogP contribution in [0.1, 0.15) is 16.8 Å². The largest absolute Gasteiger partial charge is 0.437 e. The number of nitrogens with zero attached hydrogens (tertiary/aromatic N) is 2. The lowest BCUT2D eigenvalue weighted by Crippen LogP contribution is -2.20. The van der Waals surface area contributed by atoms with E-state index in [0.29, 0.717) is 5.56 Å². The molecule has 13 heteroatoms. The SMILES string of the molecule is CS(=O)(=O)Nc1ccc(CNC(=O)/C=C/c2ccc(C(F)(F)F)nc2Oc2cccnc2)cc1F. The lowest BCUT2D eigenvalue weighted by molar-refractivity contribution is -0.141. The molecule has 0 saturated heterocycles. The Morgan fingerprint density at radius 3 is 2.57 bits per heavy atom. The molecule has 3 rings (SSSR count). The van der Waals surface area contributed by atoms with E-state index < -0.39 is 33.6 Å². The third-order valence-electron chi connectivity index (χ3n) is 4.24. The van der Waals surface area contributed by atoms with Crippen LogP contribution in [0.4, 0.5) is 23.2 Å². The maximum Gasteiger partial charge on any atom is 0.433 e. The van der Waals surface area contributed by atoms with Crippen LogP contribution < -0.4 is 14.8 Å². The summed E-state index contributed by atoms with van der Waals surface area (Å²) in [6.07, 6.45) is 1.20. The normalized spacial score (nSPS) is 11.9. The standard InChI is InChI=1S/C22H18F4N4O4S/c1-35(32,33)30-18-7-4-14(11-17(18)23)12-28-20(31)9-6-15-5-8-19(22(24,25)26)29-21(15)34-16-3-2-10-27-13-16/h2-11,13,30H,12H2,1H3,(H,28,31)/b9-6+. The van der Waals surface area contributed by atoms with E-state index in [1.54, 1.807) is 0 Å². The highest BCUT2D eigenvalue weighted by atomic mass is 32.2. The average molecular weight is 510 g/mol. The van der Waals surface area contributed by atoms with Crippen molar-refractivity contribution in [2.24, 2.45) is 0 Å². The zero-order valence-electron chi connectivity index (χ0n) is 18.0. The highest BCUT2D eigenvalue weighted by molar-refractivity contribution is 7.92. The number of halogens is 4. The molecule has 2 aromatic heterocycles. The highest BCUT2D eigenvalue weighted by Crippen LogP contribution is 2.32. The zero-order valence-corrected chi connectivity index (χ0v) is 18.8. The first-order chi connectivity index (χ1) is 16.4. The zero-order chi connectivity index (χ0) is 25.6. The third-order valence-corrected chi connectivity index (χ3v) is 4.83. The summed E-state index contributed by atoms with van der Waals surface area (Å²) in [5.74, 6) is -1.69. The van der Waals surface area contributed by atoms with Crippen molar-refractivity contribution in [3.05, 3.63) is 83.6 Å². The number of nitrogens with one attached hydrogen (secondary N) is 2. The van der Waals surface area contributed by atoms with E-state index in [1.807, 2.05) is 4.72 Å². The molecule has 184 valence electrons. The summed E-state index contributed by atoms with van der Waals surface area (Å²) in [5.41, 5.74) is -0.966. The van der Waals surface area contributed by atoms with E-state index in [1.165, 1.54) is 42.7 Å². The Labute approximate surface area is 197 Å². The molecule has 3 aromatic rings. The fourth-order valence-corrected chi connectivity index (χ4v) is 3.27. The lowest BCUT2D eigenvalue weighted by Gasteiger charge is -2.11. The summed E-state index contributed by atoms with van der Waals surface area (Å²) in [4.78, 5) is 19.5. The molecule has 35 heavy (non-hydrogen) atoms. The molecule has 2 N–H and O–H groups in total. The summed E-state index contributed by atoms with van der Waals surface area (Å²) in [7, 11) is -3.66. The predicted octanol–water partition coefficient (Wildman–Crippen LogP) is 4.13. The van der Waals surface area contributed by atoms with Gasteiger partial charge in [-0.1, -0.05) is 6.07 Å². The molecule has 1 aromatic carbocycles. The van der Waals surface area contributed by atoms with Crippen molar-refractivity contribution in [1.82, 2.24) is 15.3 Å². The van der Waals surface area contributed by atoms with Crippen LogP contribution in [0.15, 0.2) is 60.9 Å². The molecule has 0 aliphatic heterocycles. The quantitative estimate of drug-likeness (QED) is 0.348. The first kappa shape index (κ1) is 25.6. The minimum absolute atomic E-state index is 0.0937. The van der Waals surface area contributed by atoms with E-state index in [9.17, 15) is 30.8 Å². The first-order valence-corrected chi connectivity index (χ1v) is 11.7. The average Bonchev–Trinajstić information content (AvgIpc) is 2.77. The Morgan fingerprint density at radius 2 is 1.94 bits per heavy atom. The van der Waals surface area contributed by atoms with Crippen molar-refractivity contribution in [2.45, 2.75) is 12.7 Å². The summed E-state index contributed by atoms with van der Waals surface area (Å²) in [6, 6.07) is 8.54. The fourth-order valence-electron chi connectivity index (χ4n) is 2.70. The van der Waals surface area contributed by atoms with Gasteiger partial charge in [-0.15, -0.1) is 0 Å². The number of hydrogen-bond donors (Lipinski definition) is 2. The van der Waals surface area contributed by atoms with Crippen LogP contribution in [0.3, 0.4) is 0 Å². The van der Waals surface area contributed by atoms with E-state index in [2.05, 4.69) is 15.3 Å². The van der Waals surface area contributed by atoms with Gasteiger partial charge in [0, 0.05) is 24.4 Å². The van der Waals surface area contributed by atoms with Crippen LogP contribution in [0.25, 0.3) is 6.08 Å². The summed E-state index contributed by atoms with van der Waals surface area (Å²) < 4.78 is 83.2. The Kier molecular flexibility index (Phi) is 7.69. The number of pyridine rings is 2. The molecule has 0 bridgehead atoms. The molecule has 0 radical (unpaired) electrons. The molecule has 0 spiro atoms. The van der Waals surface area contributed by atoms with Crippen molar-refractivity contribution >= 4 is 27.7 Å². The number of amides is 1. The molecule has 2 heterocycles. The van der Waals surface area contributed by atoms with E-state index in [0.717, 1.165) is 30.5 Å². The third kappa shape index (κ3) is 7.78. The van der Waals surface area contributed by atoms with Crippen LogP contribution in [-0.2, 0) is 27.5 Å². The van der Waals surface area contributed by atoms with E-state index in [4.69, 9.17) is 4.74 Å². The fraction of sp³-hybridized carbons (Fsp3) is 0.136. The molecule has 0 atom stereocenters. The Bertz CT molecular complexity index is 1350. The first-order valence-electron chi connectivity index (χ1n) is 9.79. The number of rotatable bonds is 8. The topological polar surface area (TPSA) is 110 Å². The van der Waals surface area contributed by atoms with Crippen LogP contribution in [0.2, 0.25) is 0 Å². The van der Waals surface area contributed by atoms with Gasteiger partial charge in [0.15, 0.2) is 0 Å². The van der Waals surface area contributed by atoms with Gasteiger partial charge in [0.2, 0.25) is 21.8 Å². The van der Waals surface area contributed by atoms with Crippen LogP contribution in [0, 0.1) is 5.82 Å². The monoisotopic (exact) mass is 510 g/mol. The molecule has 1 amide bonds. The van der Waals surface area contributed by atoms with Gasteiger partial charge >= 0.3 is 6.18 Å². The maximum atomic E-state index is 14.1.